The summed E-state index contributed by atoms with van der Waals surface area (Å²) in [7, 11) is 0. The van der Waals surface area contributed by atoms with Gasteiger partial charge in [0.1, 0.15) is 11.1 Å². The Labute approximate surface area is 229 Å². The van der Waals surface area contributed by atoms with Crippen molar-refractivity contribution in [2.75, 3.05) is 11.1 Å². The molecule has 0 aromatic carbocycles. The van der Waals surface area contributed by atoms with Crippen LogP contribution in [0.15, 0.2) is 6.33 Å². The van der Waals surface area contributed by atoms with E-state index in [9.17, 15) is 9.59 Å². The molecule has 1 amide bonds. The zero-order valence-electron chi connectivity index (χ0n) is 21.7. The van der Waals surface area contributed by atoms with E-state index in [-0.39, 0.29) is 52.7 Å². The Balaban J connectivity index is 1.10. The molecule has 1 unspecified atom stereocenters. The summed E-state index contributed by atoms with van der Waals surface area (Å²) in [6, 6.07) is 0.168. The van der Waals surface area contributed by atoms with Gasteiger partial charge in [0.05, 0.1) is 17.9 Å². The van der Waals surface area contributed by atoms with E-state index < -0.39 is 5.60 Å². The van der Waals surface area contributed by atoms with Gasteiger partial charge in [-0.05, 0) is 83.2 Å². The van der Waals surface area contributed by atoms with Crippen LogP contribution in [-0.4, -0.2) is 42.0 Å². The summed E-state index contributed by atoms with van der Waals surface area (Å²) in [4.78, 5) is 44.7. The number of nitrogen functional groups attached to an aromatic ring is 1. The maximum absolute atomic E-state index is 13.2. The number of imidazole rings is 1. The van der Waals surface area contributed by atoms with Gasteiger partial charge in [0.25, 0.3) is 0 Å². The minimum absolute atomic E-state index is 0.00787. The zero-order chi connectivity index (χ0) is 26.8. The molecule has 12 heteroatoms. The Morgan fingerprint density at radius 3 is 2.63 bits per heavy atom. The molecule has 2 bridgehead atoms. The van der Waals surface area contributed by atoms with Crippen LogP contribution >= 0.6 is 22.9 Å². The highest BCUT2D eigenvalue weighted by Crippen LogP contribution is 2.53. The van der Waals surface area contributed by atoms with Crippen molar-refractivity contribution in [2.24, 2.45) is 17.8 Å². The number of nitrogens with two attached hydrogens (primary N) is 1. The monoisotopic (exact) mass is 557 g/mol. The van der Waals surface area contributed by atoms with Gasteiger partial charge >= 0.3 is 5.97 Å². The van der Waals surface area contributed by atoms with Crippen molar-refractivity contribution in [1.82, 2.24) is 24.5 Å². The standard InChI is InChI=1S/C26H32ClN7O3S/c1-26(2,3)37-23(36)17-13-6-9-15(17)19-16(10-13)30-25(38-19)33-22(35)12-4-7-14(8-5-12)34-11-29-18-20(28)31-24(27)32-21(18)34/h11-15,17H,4-10H2,1-3H3,(H2,28,31,32)(H,30,33,35)/t12-,13-,14+,15+,17?/m0/s1. The number of anilines is 2. The second kappa shape index (κ2) is 9.44. The van der Waals surface area contributed by atoms with Gasteiger partial charge in [-0.2, -0.15) is 9.97 Å². The Bertz CT molecular complexity index is 1410. The molecular formula is C26H32ClN7O3S. The summed E-state index contributed by atoms with van der Waals surface area (Å²) in [6.07, 6.45) is 7.62. The fraction of sp³-hybridized carbons (Fsp3) is 0.615. The molecule has 0 radical (unpaired) electrons. The van der Waals surface area contributed by atoms with Crippen LogP contribution in [0.4, 0.5) is 10.9 Å². The molecular weight excluding hydrogens is 526 g/mol. The number of carbonyl (C=O) groups is 2. The number of esters is 1. The molecule has 3 aromatic heterocycles. The van der Waals surface area contributed by atoms with E-state index in [4.69, 9.17) is 27.1 Å². The summed E-state index contributed by atoms with van der Waals surface area (Å²) in [5.74, 6) is 0.365. The number of rotatable bonds is 4. The fourth-order valence-corrected chi connectivity index (χ4v) is 7.78. The third-order valence-corrected chi connectivity index (χ3v) is 9.41. The van der Waals surface area contributed by atoms with Gasteiger partial charge in [0.15, 0.2) is 16.6 Å². The minimum atomic E-state index is -0.498. The zero-order valence-corrected chi connectivity index (χ0v) is 23.3. The van der Waals surface area contributed by atoms with Crippen molar-refractivity contribution in [3.8, 4) is 0 Å². The largest absolute Gasteiger partial charge is 0.460 e. The Hall–Kier alpha value is -2.79. The molecule has 202 valence electrons. The Morgan fingerprint density at radius 2 is 1.89 bits per heavy atom. The first-order valence-corrected chi connectivity index (χ1v) is 14.5. The van der Waals surface area contributed by atoms with Crippen molar-refractivity contribution < 1.29 is 14.3 Å². The van der Waals surface area contributed by atoms with Gasteiger partial charge in [-0.15, -0.1) is 11.3 Å². The lowest BCUT2D eigenvalue weighted by Gasteiger charge is -2.30. The maximum Gasteiger partial charge on any atom is 0.310 e. The number of hydrogen-bond acceptors (Lipinski definition) is 9. The molecule has 2 fully saturated rings. The normalized spacial score (nSPS) is 26.8. The van der Waals surface area contributed by atoms with Crippen molar-refractivity contribution >= 4 is 56.9 Å². The smallest absolute Gasteiger partial charge is 0.310 e. The van der Waals surface area contributed by atoms with Gasteiger partial charge in [0.2, 0.25) is 11.2 Å². The molecule has 6 rings (SSSR count). The van der Waals surface area contributed by atoms with Crippen LogP contribution in [0.2, 0.25) is 5.28 Å². The van der Waals surface area contributed by atoms with E-state index >= 15 is 0 Å². The molecule has 3 aliphatic rings. The number of carbonyl (C=O) groups excluding carboxylic acids is 2. The third kappa shape index (κ3) is 4.64. The molecule has 10 nitrogen and oxygen atoms in total. The van der Waals surface area contributed by atoms with E-state index in [1.54, 1.807) is 6.33 Å². The van der Waals surface area contributed by atoms with Gasteiger partial charge in [-0.25, -0.2) is 9.97 Å². The second-order valence-electron chi connectivity index (χ2n) is 11.7. The van der Waals surface area contributed by atoms with Crippen molar-refractivity contribution in [3.63, 3.8) is 0 Å². The van der Waals surface area contributed by atoms with E-state index in [0.29, 0.717) is 16.3 Å². The number of thiazole rings is 1. The van der Waals surface area contributed by atoms with Crippen LogP contribution in [-0.2, 0) is 20.7 Å². The van der Waals surface area contributed by atoms with Gasteiger partial charge in [-0.1, -0.05) is 0 Å². The fourth-order valence-electron chi connectivity index (χ4n) is 6.43. The molecule has 2 saturated carbocycles. The summed E-state index contributed by atoms with van der Waals surface area (Å²) >= 11 is 7.54. The molecule has 3 heterocycles. The quantitative estimate of drug-likeness (QED) is 0.341. The first-order valence-electron chi connectivity index (χ1n) is 13.3. The van der Waals surface area contributed by atoms with Crippen LogP contribution in [0.25, 0.3) is 11.2 Å². The maximum atomic E-state index is 13.2. The number of ether oxygens (including phenoxy) is 1. The van der Waals surface area contributed by atoms with Gasteiger partial charge < -0.3 is 20.4 Å². The second-order valence-corrected chi connectivity index (χ2v) is 13.1. The average Bonchev–Trinajstić information content (AvgIpc) is 3.53. The topological polar surface area (TPSA) is 138 Å². The van der Waals surface area contributed by atoms with Crippen LogP contribution < -0.4 is 11.1 Å². The molecule has 3 atom stereocenters. The number of fused-ring (bicyclic) bond motifs is 5. The van der Waals surface area contributed by atoms with E-state index in [0.717, 1.165) is 55.5 Å². The van der Waals surface area contributed by atoms with Gasteiger partial charge in [0, 0.05) is 22.8 Å². The molecule has 0 aliphatic heterocycles. The van der Waals surface area contributed by atoms with Gasteiger partial charge in [-0.3, -0.25) is 9.59 Å². The third-order valence-electron chi connectivity index (χ3n) is 8.10. The van der Waals surface area contributed by atoms with Crippen LogP contribution in [0.3, 0.4) is 0 Å². The first-order chi connectivity index (χ1) is 18.1. The summed E-state index contributed by atoms with van der Waals surface area (Å²) in [6.45, 7) is 5.73. The van der Waals surface area contributed by atoms with Crippen LogP contribution in [0, 0.1) is 17.8 Å². The summed E-state index contributed by atoms with van der Waals surface area (Å²) in [5.41, 5.74) is 7.66. The van der Waals surface area contributed by atoms with Crippen LogP contribution in [0.1, 0.15) is 81.8 Å². The van der Waals surface area contributed by atoms with E-state index in [1.165, 1.54) is 11.3 Å². The molecule has 3 aliphatic carbocycles. The summed E-state index contributed by atoms with van der Waals surface area (Å²) < 4.78 is 7.74. The minimum Gasteiger partial charge on any atom is -0.460 e. The lowest BCUT2D eigenvalue weighted by molar-refractivity contribution is -0.162. The molecule has 3 N–H and O–H groups in total. The number of halogens is 1. The highest BCUT2D eigenvalue weighted by molar-refractivity contribution is 7.16. The first kappa shape index (κ1) is 25.5. The predicted molar refractivity (Wildman–Crippen MR) is 145 cm³/mol. The molecule has 3 aromatic rings. The highest BCUT2D eigenvalue weighted by atomic mass is 35.5. The predicted octanol–water partition coefficient (Wildman–Crippen LogP) is 4.90. The van der Waals surface area contributed by atoms with Crippen molar-refractivity contribution in [2.45, 2.75) is 83.3 Å². The van der Waals surface area contributed by atoms with E-state index in [2.05, 4.69) is 20.3 Å². The lowest BCUT2D eigenvalue weighted by atomic mass is 9.80. The van der Waals surface area contributed by atoms with Crippen LogP contribution in [0.5, 0.6) is 0 Å². The number of aromatic nitrogens is 5. The van der Waals surface area contributed by atoms with E-state index in [1.807, 2.05) is 25.3 Å². The lowest BCUT2D eigenvalue weighted by Crippen LogP contribution is -2.35. The summed E-state index contributed by atoms with van der Waals surface area (Å²) in [5, 5.41) is 3.82. The Morgan fingerprint density at radius 1 is 1.13 bits per heavy atom. The molecule has 0 spiro atoms. The number of nitrogens with one attached hydrogen (secondary N) is 1. The number of nitrogens with zero attached hydrogens (tertiary/aromatic N) is 5. The molecule has 0 saturated heterocycles. The highest BCUT2D eigenvalue weighted by Gasteiger charge is 2.49. The number of hydrogen-bond donors (Lipinski definition) is 2. The number of amides is 1. The Kier molecular flexibility index (Phi) is 6.33. The average molecular weight is 558 g/mol. The van der Waals surface area contributed by atoms with Crippen molar-refractivity contribution in [3.05, 3.63) is 22.2 Å². The molecule has 38 heavy (non-hydrogen) atoms. The van der Waals surface area contributed by atoms with Crippen molar-refractivity contribution in [1.29, 1.82) is 0 Å². The SMILES string of the molecule is CC(C)(C)OC(=O)C1[C@H]2CC[C@H]1c1sc(NC(=O)[C@H]3CC[C@@H](n4cnc5c(N)nc(Cl)nc54)CC3)nc1C2.